The van der Waals surface area contributed by atoms with Crippen LogP contribution in [0.5, 0.6) is 0 Å². The highest BCUT2D eigenvalue weighted by Gasteiger charge is 2.30. The predicted octanol–water partition coefficient (Wildman–Crippen LogP) is 4.25. The summed E-state index contributed by atoms with van der Waals surface area (Å²) in [5.41, 5.74) is 4.52. The third-order valence-corrected chi connectivity index (χ3v) is 6.67. The molecule has 8 heteroatoms. The highest BCUT2D eigenvalue weighted by molar-refractivity contribution is 6.29. The summed E-state index contributed by atoms with van der Waals surface area (Å²) in [5, 5.41) is 22.0. The fourth-order valence-corrected chi connectivity index (χ4v) is 4.53. The van der Waals surface area contributed by atoms with E-state index in [0.29, 0.717) is 23.2 Å². The van der Waals surface area contributed by atoms with Crippen LogP contribution < -0.4 is 5.32 Å². The van der Waals surface area contributed by atoms with Crippen LogP contribution in [0.1, 0.15) is 71.6 Å². The smallest absolute Gasteiger partial charge is 0.253 e. The summed E-state index contributed by atoms with van der Waals surface area (Å²) in [4.78, 5) is 18.6. The molecule has 3 N–H and O–H groups in total. The quantitative estimate of drug-likeness (QED) is 0.418. The fourth-order valence-electron chi connectivity index (χ4n) is 4.41. The highest BCUT2D eigenvalue weighted by Crippen LogP contribution is 2.27. The topological polar surface area (TPSA) is 94.1 Å². The third kappa shape index (κ3) is 5.84. The number of aromatic nitrogens is 3. The molecule has 0 radical (unpaired) electrons. The average molecular weight is 482 g/mol. The number of nitrogens with one attached hydrogen (secondary N) is 2. The molecule has 0 unspecified atom stereocenters. The zero-order valence-corrected chi connectivity index (χ0v) is 20.6. The largest absolute Gasteiger partial charge is 0.387 e. The first kappa shape index (κ1) is 24.4. The minimum absolute atomic E-state index is 0.0132. The van der Waals surface area contributed by atoms with Crippen LogP contribution in [0.4, 0.5) is 0 Å². The average Bonchev–Trinajstić information content (AvgIpc) is 3.49. The summed E-state index contributed by atoms with van der Waals surface area (Å²) in [6, 6.07) is 13.6. The number of H-pyrrole nitrogens is 1. The number of carbonyl (C=O) groups is 1. The van der Waals surface area contributed by atoms with Crippen molar-refractivity contribution in [2.75, 3.05) is 7.05 Å². The van der Waals surface area contributed by atoms with Crippen molar-refractivity contribution in [1.29, 1.82) is 0 Å². The number of aromatic amines is 1. The van der Waals surface area contributed by atoms with Crippen molar-refractivity contribution in [1.82, 2.24) is 25.4 Å². The molecule has 0 aliphatic carbocycles. The molecular weight excluding hydrogens is 450 g/mol. The lowest BCUT2D eigenvalue weighted by atomic mass is 10.0. The van der Waals surface area contributed by atoms with Crippen LogP contribution in [0.2, 0.25) is 5.15 Å². The molecule has 4 rings (SSSR count). The summed E-state index contributed by atoms with van der Waals surface area (Å²) in [6.07, 6.45) is 3.73. The van der Waals surface area contributed by atoms with E-state index in [4.69, 9.17) is 11.6 Å². The van der Waals surface area contributed by atoms with Crippen LogP contribution in [0.25, 0.3) is 0 Å². The van der Waals surface area contributed by atoms with E-state index in [0.717, 1.165) is 41.8 Å². The zero-order chi connectivity index (χ0) is 24.2. The molecule has 3 atom stereocenters. The van der Waals surface area contributed by atoms with Crippen molar-refractivity contribution in [3.8, 4) is 0 Å². The molecule has 0 spiro atoms. The second-order valence-corrected chi connectivity index (χ2v) is 9.83. The summed E-state index contributed by atoms with van der Waals surface area (Å²) < 4.78 is 0. The number of carbonyl (C=O) groups excluding carboxylic acids is 1. The van der Waals surface area contributed by atoms with Gasteiger partial charge in [0, 0.05) is 42.1 Å². The molecule has 0 saturated carbocycles. The lowest BCUT2D eigenvalue weighted by molar-refractivity contribution is 0.0783. The summed E-state index contributed by atoms with van der Waals surface area (Å²) in [6.45, 7) is 4.67. The molecule has 7 nitrogen and oxygen atoms in total. The Balaban J connectivity index is 1.30. The van der Waals surface area contributed by atoms with Gasteiger partial charge in [0.15, 0.2) is 0 Å². The molecule has 3 aromatic rings. The molecule has 1 saturated heterocycles. The van der Waals surface area contributed by atoms with Gasteiger partial charge in [-0.2, -0.15) is 5.10 Å². The van der Waals surface area contributed by atoms with E-state index >= 15 is 0 Å². The van der Waals surface area contributed by atoms with E-state index in [-0.39, 0.29) is 18.0 Å². The Morgan fingerprint density at radius 2 is 1.97 bits per heavy atom. The van der Waals surface area contributed by atoms with Crippen LogP contribution in [-0.2, 0) is 13.0 Å². The maximum absolute atomic E-state index is 12.9. The first-order valence-electron chi connectivity index (χ1n) is 11.7. The standard InChI is InChI=1S/C26H32ClN5O2/c1-16(2)23-13-21(30-31-23)15-32(3)26(34)18-6-4-17(5-7-18)12-20-9-10-22(29-20)25(33)19-8-11-24(27)28-14-19/h4-8,11,13-14,16,20,22,25,29,33H,9-10,12,15H2,1-3H3,(H,30,31)/t20-,22+,25+/m0/s1. The maximum Gasteiger partial charge on any atom is 0.253 e. The Kier molecular flexibility index (Phi) is 7.66. The van der Waals surface area contributed by atoms with Gasteiger partial charge in [-0.1, -0.05) is 43.6 Å². The molecular formula is C26H32ClN5O2. The molecule has 3 heterocycles. The molecule has 1 fully saturated rings. The van der Waals surface area contributed by atoms with E-state index in [1.54, 1.807) is 24.2 Å². The lowest BCUT2D eigenvalue weighted by Gasteiger charge is -2.20. The fraction of sp³-hybridized carbons (Fsp3) is 0.423. The van der Waals surface area contributed by atoms with Crippen LogP contribution in [0.15, 0.2) is 48.7 Å². The Hall–Kier alpha value is -2.74. The van der Waals surface area contributed by atoms with Gasteiger partial charge < -0.3 is 15.3 Å². The van der Waals surface area contributed by atoms with Gasteiger partial charge in [0.05, 0.1) is 18.3 Å². The monoisotopic (exact) mass is 481 g/mol. The van der Waals surface area contributed by atoms with Gasteiger partial charge in [-0.25, -0.2) is 4.98 Å². The molecule has 1 aliphatic rings. The highest BCUT2D eigenvalue weighted by atomic mass is 35.5. The van der Waals surface area contributed by atoms with Crippen LogP contribution in [0, 0.1) is 0 Å². The van der Waals surface area contributed by atoms with Crippen LogP contribution >= 0.6 is 11.6 Å². The second-order valence-electron chi connectivity index (χ2n) is 9.44. The summed E-state index contributed by atoms with van der Waals surface area (Å²) in [5.74, 6) is 0.344. The SMILES string of the molecule is CC(C)c1cc(CN(C)C(=O)c2ccc(C[C@@H]3CC[C@H]([C@H](O)c4ccc(Cl)nc4)N3)cc2)n[nH]1. The number of rotatable bonds is 8. The van der Waals surface area contributed by atoms with Gasteiger partial charge >= 0.3 is 0 Å². The first-order valence-corrected chi connectivity index (χ1v) is 12.1. The number of pyridine rings is 1. The molecule has 34 heavy (non-hydrogen) atoms. The van der Waals surface area contributed by atoms with E-state index in [9.17, 15) is 9.90 Å². The summed E-state index contributed by atoms with van der Waals surface area (Å²) >= 11 is 5.85. The predicted molar refractivity (Wildman–Crippen MR) is 133 cm³/mol. The molecule has 2 aromatic heterocycles. The number of halogens is 1. The van der Waals surface area contributed by atoms with Gasteiger partial charge in [0.1, 0.15) is 5.15 Å². The Labute approximate surface area is 205 Å². The van der Waals surface area contributed by atoms with E-state index < -0.39 is 6.10 Å². The van der Waals surface area contributed by atoms with Crippen LogP contribution in [0.3, 0.4) is 0 Å². The molecule has 1 amide bonds. The first-order chi connectivity index (χ1) is 16.3. The van der Waals surface area contributed by atoms with Gasteiger partial charge in [-0.3, -0.25) is 9.89 Å². The van der Waals surface area contributed by atoms with Crippen molar-refractivity contribution in [2.45, 2.75) is 63.8 Å². The summed E-state index contributed by atoms with van der Waals surface area (Å²) in [7, 11) is 1.80. The van der Waals surface area contributed by atoms with Crippen molar-refractivity contribution in [3.05, 3.63) is 81.9 Å². The normalized spacial score (nSPS) is 18.9. The lowest BCUT2D eigenvalue weighted by Crippen LogP contribution is -2.35. The molecule has 1 aromatic carbocycles. The minimum atomic E-state index is -0.614. The van der Waals surface area contributed by atoms with Gasteiger partial charge in [0.25, 0.3) is 5.91 Å². The van der Waals surface area contributed by atoms with Crippen molar-refractivity contribution in [3.63, 3.8) is 0 Å². The Bertz CT molecular complexity index is 1100. The van der Waals surface area contributed by atoms with Crippen LogP contribution in [-0.4, -0.2) is 50.2 Å². The second kappa shape index (κ2) is 10.7. The molecule has 0 bridgehead atoms. The van der Waals surface area contributed by atoms with E-state index in [2.05, 4.69) is 34.3 Å². The van der Waals surface area contributed by atoms with Gasteiger partial charge in [-0.05, 0) is 55.0 Å². The van der Waals surface area contributed by atoms with Gasteiger partial charge in [-0.15, -0.1) is 0 Å². The van der Waals surface area contributed by atoms with Crippen molar-refractivity contribution >= 4 is 17.5 Å². The number of hydrogen-bond acceptors (Lipinski definition) is 5. The van der Waals surface area contributed by atoms with Gasteiger partial charge in [0.2, 0.25) is 0 Å². The van der Waals surface area contributed by atoms with Crippen molar-refractivity contribution < 1.29 is 9.90 Å². The number of benzene rings is 1. The Morgan fingerprint density at radius 3 is 2.62 bits per heavy atom. The number of amides is 1. The third-order valence-electron chi connectivity index (χ3n) is 6.45. The number of aliphatic hydroxyl groups is 1. The maximum atomic E-state index is 12.9. The van der Waals surface area contributed by atoms with E-state index in [1.165, 1.54) is 0 Å². The molecule has 1 aliphatic heterocycles. The Morgan fingerprint density at radius 1 is 1.21 bits per heavy atom. The number of hydrogen-bond donors (Lipinski definition) is 3. The zero-order valence-electron chi connectivity index (χ0n) is 19.8. The number of nitrogens with zero attached hydrogens (tertiary/aromatic N) is 3. The van der Waals surface area contributed by atoms with E-state index in [1.807, 2.05) is 36.4 Å². The molecule has 180 valence electrons. The number of aliphatic hydroxyl groups excluding tert-OH is 1. The minimum Gasteiger partial charge on any atom is -0.387 e. The van der Waals surface area contributed by atoms with Crippen molar-refractivity contribution in [2.24, 2.45) is 0 Å².